The van der Waals surface area contributed by atoms with Crippen LogP contribution in [0.3, 0.4) is 0 Å². The van der Waals surface area contributed by atoms with E-state index in [1.54, 1.807) is 14.2 Å². The number of methoxy groups -OCH3 is 2. The number of carboxylic acid groups (broad SMARTS) is 1. The molecule has 1 aliphatic rings. The van der Waals surface area contributed by atoms with Gasteiger partial charge in [0, 0.05) is 40.5 Å². The Balaban J connectivity index is 2.54. The minimum Gasteiger partial charge on any atom is -0.481 e. The van der Waals surface area contributed by atoms with Crippen LogP contribution in [0.2, 0.25) is 0 Å². The van der Waals surface area contributed by atoms with Gasteiger partial charge in [0.2, 0.25) is 0 Å². The smallest absolute Gasteiger partial charge is 0.310 e. The predicted octanol–water partition coefficient (Wildman–Crippen LogP) is 1.62. The maximum Gasteiger partial charge on any atom is 0.310 e. The zero-order valence-corrected chi connectivity index (χ0v) is 12.2. The fourth-order valence-corrected chi connectivity index (χ4v) is 2.84. The highest BCUT2D eigenvalue weighted by Crippen LogP contribution is 2.39. The van der Waals surface area contributed by atoms with Crippen LogP contribution in [0.25, 0.3) is 0 Å². The molecule has 0 aromatic heterocycles. The van der Waals surface area contributed by atoms with E-state index in [9.17, 15) is 9.90 Å². The van der Waals surface area contributed by atoms with Crippen LogP contribution in [-0.2, 0) is 14.3 Å². The van der Waals surface area contributed by atoms with E-state index in [0.29, 0.717) is 19.8 Å². The summed E-state index contributed by atoms with van der Waals surface area (Å²) in [6, 6.07) is 0. The number of nitrogens with zero attached hydrogens (tertiary/aromatic N) is 1. The Morgan fingerprint density at radius 2 is 1.79 bits per heavy atom. The third-order valence-corrected chi connectivity index (χ3v) is 3.98. The molecule has 0 unspecified atom stereocenters. The molecule has 0 aromatic carbocycles. The summed E-state index contributed by atoms with van der Waals surface area (Å²) in [5.74, 6) is -0.640. The maximum atomic E-state index is 11.6. The number of carbonyl (C=O) groups is 1. The first-order chi connectivity index (χ1) is 9.14. The van der Waals surface area contributed by atoms with E-state index in [0.717, 1.165) is 45.2 Å². The van der Waals surface area contributed by atoms with Crippen molar-refractivity contribution in [2.24, 2.45) is 5.41 Å². The fraction of sp³-hybridized carbons (Fsp3) is 0.929. The van der Waals surface area contributed by atoms with Crippen molar-refractivity contribution >= 4 is 5.97 Å². The molecule has 112 valence electrons. The Hall–Kier alpha value is -0.650. The standard InChI is InChI=1S/C14H27NO4/c1-18-10-5-8-15(9-11-19-2)12-14(13(16)17)6-3-4-7-14/h3-12H2,1-2H3,(H,16,17). The molecule has 0 amide bonds. The van der Waals surface area contributed by atoms with Crippen LogP contribution in [0.5, 0.6) is 0 Å². The monoisotopic (exact) mass is 273 g/mol. The Labute approximate surface area is 115 Å². The van der Waals surface area contributed by atoms with Crippen molar-refractivity contribution in [3.8, 4) is 0 Å². The van der Waals surface area contributed by atoms with Crippen molar-refractivity contribution in [3.63, 3.8) is 0 Å². The summed E-state index contributed by atoms with van der Waals surface area (Å²) >= 11 is 0. The largest absolute Gasteiger partial charge is 0.481 e. The Morgan fingerprint density at radius 3 is 2.32 bits per heavy atom. The number of ether oxygens (including phenoxy) is 2. The lowest BCUT2D eigenvalue weighted by atomic mass is 9.85. The van der Waals surface area contributed by atoms with Crippen molar-refractivity contribution in [3.05, 3.63) is 0 Å². The van der Waals surface area contributed by atoms with Gasteiger partial charge in [0.05, 0.1) is 12.0 Å². The summed E-state index contributed by atoms with van der Waals surface area (Å²) in [7, 11) is 3.37. The minimum absolute atomic E-state index is 0.541. The Bertz CT molecular complexity index is 264. The van der Waals surface area contributed by atoms with Crippen molar-refractivity contribution in [2.75, 3.05) is 47.1 Å². The lowest BCUT2D eigenvalue weighted by Gasteiger charge is -2.32. The van der Waals surface area contributed by atoms with Crippen molar-refractivity contribution in [1.29, 1.82) is 0 Å². The summed E-state index contributed by atoms with van der Waals surface area (Å²) < 4.78 is 10.2. The van der Waals surface area contributed by atoms with E-state index in [2.05, 4.69) is 4.90 Å². The minimum atomic E-state index is -0.640. The molecular weight excluding hydrogens is 246 g/mol. The van der Waals surface area contributed by atoms with Crippen LogP contribution < -0.4 is 0 Å². The van der Waals surface area contributed by atoms with E-state index >= 15 is 0 Å². The molecule has 0 atom stereocenters. The van der Waals surface area contributed by atoms with Crippen LogP contribution >= 0.6 is 0 Å². The molecule has 19 heavy (non-hydrogen) atoms. The first-order valence-electron chi connectivity index (χ1n) is 7.08. The van der Waals surface area contributed by atoms with E-state index in [-0.39, 0.29) is 0 Å². The van der Waals surface area contributed by atoms with Gasteiger partial charge < -0.3 is 14.6 Å². The number of hydrogen-bond donors (Lipinski definition) is 1. The van der Waals surface area contributed by atoms with Gasteiger partial charge in [0.1, 0.15) is 0 Å². The van der Waals surface area contributed by atoms with Gasteiger partial charge >= 0.3 is 5.97 Å². The average Bonchev–Trinajstić information content (AvgIpc) is 2.86. The SMILES string of the molecule is COCCCN(CCOC)CC1(C(=O)O)CCCC1. The van der Waals surface area contributed by atoms with E-state index < -0.39 is 11.4 Å². The van der Waals surface area contributed by atoms with Gasteiger partial charge in [-0.2, -0.15) is 0 Å². The molecule has 0 heterocycles. The molecule has 0 bridgehead atoms. The highest BCUT2D eigenvalue weighted by Gasteiger charge is 2.42. The molecule has 1 fully saturated rings. The summed E-state index contributed by atoms with van der Waals surface area (Å²) in [4.78, 5) is 13.8. The number of aliphatic carboxylic acids is 1. The van der Waals surface area contributed by atoms with Crippen LogP contribution in [0.15, 0.2) is 0 Å². The van der Waals surface area contributed by atoms with Crippen LogP contribution in [0.4, 0.5) is 0 Å². The van der Waals surface area contributed by atoms with E-state index in [4.69, 9.17) is 9.47 Å². The first kappa shape index (κ1) is 16.4. The maximum absolute atomic E-state index is 11.6. The van der Waals surface area contributed by atoms with Gasteiger partial charge in [-0.25, -0.2) is 0 Å². The zero-order chi connectivity index (χ0) is 14.1. The van der Waals surface area contributed by atoms with Gasteiger partial charge in [0.25, 0.3) is 0 Å². The normalized spacial score (nSPS) is 18.1. The summed E-state index contributed by atoms with van der Waals surface area (Å²) in [6.45, 7) is 3.64. The fourth-order valence-electron chi connectivity index (χ4n) is 2.84. The molecule has 1 saturated carbocycles. The Morgan fingerprint density at radius 1 is 1.16 bits per heavy atom. The van der Waals surface area contributed by atoms with Crippen LogP contribution in [0, 0.1) is 5.41 Å². The quantitative estimate of drug-likeness (QED) is 0.613. The third-order valence-electron chi connectivity index (χ3n) is 3.98. The molecule has 5 nitrogen and oxygen atoms in total. The molecule has 0 spiro atoms. The number of rotatable bonds is 10. The average molecular weight is 273 g/mol. The van der Waals surface area contributed by atoms with Gasteiger partial charge in [0.15, 0.2) is 0 Å². The van der Waals surface area contributed by atoms with Crippen LogP contribution in [-0.4, -0.2) is 63.0 Å². The molecule has 0 aromatic rings. The Kier molecular flexibility index (Phi) is 7.34. The van der Waals surface area contributed by atoms with E-state index in [1.807, 2.05) is 0 Å². The second-order valence-corrected chi connectivity index (χ2v) is 5.41. The molecule has 0 aliphatic heterocycles. The van der Waals surface area contributed by atoms with Gasteiger partial charge in [-0.3, -0.25) is 9.69 Å². The molecule has 1 aliphatic carbocycles. The molecule has 0 saturated heterocycles. The highest BCUT2D eigenvalue weighted by molar-refractivity contribution is 5.75. The molecular formula is C14H27NO4. The zero-order valence-electron chi connectivity index (χ0n) is 12.2. The lowest BCUT2D eigenvalue weighted by Crippen LogP contribution is -2.43. The summed E-state index contributed by atoms with van der Waals surface area (Å²) in [6.07, 6.45) is 4.59. The topological polar surface area (TPSA) is 59.0 Å². The van der Waals surface area contributed by atoms with Crippen molar-refractivity contribution < 1.29 is 19.4 Å². The molecule has 1 N–H and O–H groups in total. The third kappa shape index (κ3) is 5.09. The molecule has 0 radical (unpaired) electrons. The predicted molar refractivity (Wildman–Crippen MR) is 73.3 cm³/mol. The summed E-state index contributed by atoms with van der Waals surface area (Å²) in [5, 5.41) is 9.53. The number of carboxylic acids is 1. The molecule has 1 rings (SSSR count). The van der Waals surface area contributed by atoms with Crippen molar-refractivity contribution in [1.82, 2.24) is 4.90 Å². The highest BCUT2D eigenvalue weighted by atomic mass is 16.5. The first-order valence-corrected chi connectivity index (χ1v) is 7.08. The second-order valence-electron chi connectivity index (χ2n) is 5.41. The second kappa shape index (κ2) is 8.51. The van der Waals surface area contributed by atoms with Gasteiger partial charge in [-0.05, 0) is 19.3 Å². The van der Waals surface area contributed by atoms with E-state index in [1.165, 1.54) is 0 Å². The van der Waals surface area contributed by atoms with Gasteiger partial charge in [-0.15, -0.1) is 0 Å². The van der Waals surface area contributed by atoms with Crippen molar-refractivity contribution in [2.45, 2.75) is 32.1 Å². The summed E-state index contributed by atoms with van der Waals surface area (Å²) in [5.41, 5.74) is -0.541. The van der Waals surface area contributed by atoms with Crippen LogP contribution in [0.1, 0.15) is 32.1 Å². The van der Waals surface area contributed by atoms with Gasteiger partial charge in [-0.1, -0.05) is 12.8 Å². The lowest BCUT2D eigenvalue weighted by molar-refractivity contribution is -0.150. The molecule has 5 heteroatoms. The number of hydrogen-bond acceptors (Lipinski definition) is 4.